The molecule has 0 amide bonds. The average Bonchev–Trinajstić information content (AvgIpc) is 3.74. The molecular formula is C50H38N4. The summed E-state index contributed by atoms with van der Waals surface area (Å²) in [4.78, 5) is 4.28. The number of nitrogens with two attached hydrogens (primary N) is 1. The minimum absolute atomic E-state index is 1.00. The molecule has 11 rings (SSSR count). The van der Waals surface area contributed by atoms with Crippen LogP contribution in [0.5, 0.6) is 0 Å². The van der Waals surface area contributed by atoms with E-state index in [0.717, 1.165) is 31.3 Å². The van der Waals surface area contributed by atoms with Crippen molar-refractivity contribution in [1.82, 2.24) is 14.1 Å². The minimum atomic E-state index is 1.00. The highest BCUT2D eigenvalue weighted by Crippen LogP contribution is 2.51. The molecule has 0 saturated heterocycles. The molecule has 3 aromatic heterocycles. The number of aryl methyl sites for hydroxylation is 4. The highest BCUT2D eigenvalue weighted by atomic mass is 15.0. The van der Waals surface area contributed by atoms with Crippen molar-refractivity contribution in [3.05, 3.63) is 180 Å². The summed E-state index contributed by atoms with van der Waals surface area (Å²) in [6, 6.07) is 45.0. The number of fused-ring (bicyclic) bond motifs is 8. The van der Waals surface area contributed by atoms with E-state index in [4.69, 9.17) is 5.73 Å². The molecule has 0 radical (unpaired) electrons. The number of rotatable bonds is 5. The Morgan fingerprint density at radius 2 is 1.13 bits per heavy atom. The molecule has 258 valence electrons. The lowest BCUT2D eigenvalue weighted by Gasteiger charge is -2.31. The predicted molar refractivity (Wildman–Crippen MR) is 226 cm³/mol. The van der Waals surface area contributed by atoms with E-state index in [-0.39, 0.29) is 0 Å². The highest BCUT2D eigenvalue weighted by molar-refractivity contribution is 6.16. The SMILES string of the molecule is C/C=C(\C=C/N)c1ccc2c(c1)c1cc3c4c(c1n2-c1ccccc1)CCc1cc2c5cc(-c6ccncc6)ccc5n(-c5ccccc5)c2c(c1-4)CC3. The van der Waals surface area contributed by atoms with E-state index in [0.29, 0.717) is 0 Å². The Labute approximate surface area is 314 Å². The number of pyridine rings is 1. The molecule has 9 aromatic rings. The number of nitrogens with zero attached hydrogens (tertiary/aromatic N) is 3. The molecule has 4 nitrogen and oxygen atoms in total. The molecular weight excluding hydrogens is 657 g/mol. The largest absolute Gasteiger partial charge is 0.405 e. The maximum Gasteiger partial charge on any atom is 0.0579 e. The smallest absolute Gasteiger partial charge is 0.0579 e. The molecule has 54 heavy (non-hydrogen) atoms. The quantitative estimate of drug-likeness (QED) is 0.182. The lowest BCUT2D eigenvalue weighted by atomic mass is 9.74. The Balaban J connectivity index is 1.23. The first-order valence-corrected chi connectivity index (χ1v) is 19.0. The summed E-state index contributed by atoms with van der Waals surface area (Å²) in [5, 5.41) is 5.28. The molecule has 0 spiro atoms. The van der Waals surface area contributed by atoms with Crippen molar-refractivity contribution in [2.75, 3.05) is 0 Å². The Hall–Kier alpha value is -6.65. The monoisotopic (exact) mass is 694 g/mol. The van der Waals surface area contributed by atoms with Crippen molar-refractivity contribution in [3.8, 4) is 33.6 Å². The third-order valence-electron chi connectivity index (χ3n) is 12.0. The zero-order valence-corrected chi connectivity index (χ0v) is 30.2. The molecule has 0 aliphatic heterocycles. The molecule has 3 heterocycles. The van der Waals surface area contributed by atoms with E-state index >= 15 is 0 Å². The highest BCUT2D eigenvalue weighted by Gasteiger charge is 2.33. The van der Waals surface area contributed by atoms with Gasteiger partial charge in [0.05, 0.1) is 22.1 Å². The summed E-state index contributed by atoms with van der Waals surface area (Å²) < 4.78 is 5.06. The van der Waals surface area contributed by atoms with Gasteiger partial charge in [0.2, 0.25) is 0 Å². The Kier molecular flexibility index (Phi) is 6.84. The fourth-order valence-electron chi connectivity index (χ4n) is 9.72. The lowest BCUT2D eigenvalue weighted by Crippen LogP contribution is -2.16. The van der Waals surface area contributed by atoms with Crippen LogP contribution in [-0.4, -0.2) is 14.1 Å². The molecule has 6 aromatic carbocycles. The van der Waals surface area contributed by atoms with Gasteiger partial charge in [-0.15, -0.1) is 0 Å². The number of hydrogen-bond donors (Lipinski definition) is 1. The minimum Gasteiger partial charge on any atom is -0.405 e. The summed E-state index contributed by atoms with van der Waals surface area (Å²) in [7, 11) is 0. The summed E-state index contributed by atoms with van der Waals surface area (Å²) in [6.07, 6.45) is 13.6. The Morgan fingerprint density at radius 3 is 1.69 bits per heavy atom. The van der Waals surface area contributed by atoms with Gasteiger partial charge in [-0.25, -0.2) is 0 Å². The van der Waals surface area contributed by atoms with Crippen LogP contribution in [0.1, 0.15) is 34.7 Å². The first-order valence-electron chi connectivity index (χ1n) is 19.0. The van der Waals surface area contributed by atoms with Crippen LogP contribution in [0, 0.1) is 0 Å². The second-order valence-corrected chi connectivity index (χ2v) is 14.7. The van der Waals surface area contributed by atoms with Crippen LogP contribution in [0.2, 0.25) is 0 Å². The van der Waals surface area contributed by atoms with E-state index < -0.39 is 0 Å². The summed E-state index contributed by atoms with van der Waals surface area (Å²) in [6.45, 7) is 2.08. The zero-order chi connectivity index (χ0) is 35.9. The second kappa shape index (κ2) is 11.9. The lowest BCUT2D eigenvalue weighted by molar-refractivity contribution is 0.883. The normalized spacial score (nSPS) is 13.8. The molecule has 0 bridgehead atoms. The molecule has 2 aliphatic carbocycles. The van der Waals surface area contributed by atoms with Gasteiger partial charge >= 0.3 is 0 Å². The van der Waals surface area contributed by atoms with Gasteiger partial charge in [-0.1, -0.05) is 54.6 Å². The summed E-state index contributed by atoms with van der Waals surface area (Å²) in [5.41, 5.74) is 27.0. The van der Waals surface area contributed by atoms with Gasteiger partial charge in [-0.3, -0.25) is 4.98 Å². The third-order valence-corrected chi connectivity index (χ3v) is 12.0. The maximum atomic E-state index is 5.88. The second-order valence-electron chi connectivity index (χ2n) is 14.7. The Bertz CT molecular complexity index is 3030. The fourth-order valence-corrected chi connectivity index (χ4v) is 9.72. The van der Waals surface area contributed by atoms with Crippen molar-refractivity contribution in [2.24, 2.45) is 5.73 Å². The van der Waals surface area contributed by atoms with Crippen LogP contribution >= 0.6 is 0 Å². The van der Waals surface area contributed by atoms with Crippen molar-refractivity contribution >= 4 is 49.2 Å². The van der Waals surface area contributed by atoms with Crippen molar-refractivity contribution in [1.29, 1.82) is 0 Å². The number of benzene rings is 6. The van der Waals surface area contributed by atoms with E-state index in [2.05, 4.69) is 148 Å². The van der Waals surface area contributed by atoms with E-state index in [1.165, 1.54) is 105 Å². The van der Waals surface area contributed by atoms with Gasteiger partial charge < -0.3 is 14.9 Å². The number of para-hydroxylation sites is 2. The third kappa shape index (κ3) is 4.40. The van der Waals surface area contributed by atoms with Crippen LogP contribution in [0.25, 0.3) is 82.8 Å². The zero-order valence-electron chi connectivity index (χ0n) is 30.2. The summed E-state index contributed by atoms with van der Waals surface area (Å²) >= 11 is 0. The fraction of sp³-hybridized carbons (Fsp3) is 0.100. The van der Waals surface area contributed by atoms with Gasteiger partial charge in [-0.2, -0.15) is 0 Å². The van der Waals surface area contributed by atoms with E-state index in [1.54, 1.807) is 6.20 Å². The molecule has 0 saturated carbocycles. The molecule has 2 N–H and O–H groups in total. The topological polar surface area (TPSA) is 48.8 Å². The maximum absolute atomic E-state index is 5.88. The van der Waals surface area contributed by atoms with Crippen LogP contribution in [-0.2, 0) is 25.7 Å². The van der Waals surface area contributed by atoms with E-state index in [9.17, 15) is 0 Å². The molecule has 0 fully saturated rings. The van der Waals surface area contributed by atoms with Crippen LogP contribution in [0.3, 0.4) is 0 Å². The van der Waals surface area contributed by atoms with Crippen molar-refractivity contribution in [3.63, 3.8) is 0 Å². The predicted octanol–water partition coefficient (Wildman–Crippen LogP) is 11.7. The van der Waals surface area contributed by atoms with Gasteiger partial charge in [0.15, 0.2) is 0 Å². The number of aromatic nitrogens is 3. The molecule has 4 heteroatoms. The van der Waals surface area contributed by atoms with Gasteiger partial charge in [0.25, 0.3) is 0 Å². The van der Waals surface area contributed by atoms with Crippen LogP contribution < -0.4 is 5.73 Å². The molecule has 0 atom stereocenters. The number of allylic oxidation sites excluding steroid dienone is 3. The first kappa shape index (κ1) is 30.9. The number of hydrogen-bond acceptors (Lipinski definition) is 2. The summed E-state index contributed by atoms with van der Waals surface area (Å²) in [5.74, 6) is 0. The van der Waals surface area contributed by atoms with Crippen molar-refractivity contribution < 1.29 is 0 Å². The van der Waals surface area contributed by atoms with Gasteiger partial charge in [-0.05, 0) is 173 Å². The van der Waals surface area contributed by atoms with E-state index in [1.807, 2.05) is 18.5 Å². The first-order chi connectivity index (χ1) is 26.7. The Morgan fingerprint density at radius 1 is 0.574 bits per heavy atom. The van der Waals surface area contributed by atoms with Gasteiger partial charge in [0.1, 0.15) is 0 Å². The van der Waals surface area contributed by atoms with Crippen LogP contribution in [0.15, 0.2) is 152 Å². The standard InChI is InChI=1S/C50H38N4/c1-2-31(21-24-51)33-15-19-45-41(27-33)43-29-35-13-18-40-48-36(14-17-39(47(35)48)49(43)53(45)37-9-5-3-6-10-37)30-44-42-28-34(32-22-25-52-26-23-32)16-20-46(42)54(50(40)44)38-11-7-4-8-12-38/h2-12,15-16,19-30H,13-14,17-18,51H2,1H3/b24-21-,31-2+. The molecule has 0 unspecified atom stereocenters. The van der Waals surface area contributed by atoms with Crippen LogP contribution in [0.4, 0.5) is 0 Å². The van der Waals surface area contributed by atoms with Gasteiger partial charge in [0, 0.05) is 45.3 Å². The van der Waals surface area contributed by atoms with Crippen molar-refractivity contribution in [2.45, 2.75) is 32.6 Å². The molecule has 2 aliphatic rings. The average molecular weight is 695 g/mol.